The molecular weight excluding hydrogens is 284 g/mol. The summed E-state index contributed by atoms with van der Waals surface area (Å²) in [6.45, 7) is 1.22. The number of aromatic nitrogens is 1. The van der Waals surface area contributed by atoms with E-state index in [-0.39, 0.29) is 6.54 Å². The lowest BCUT2D eigenvalue weighted by atomic mass is 10.2. The van der Waals surface area contributed by atoms with Gasteiger partial charge in [0, 0.05) is 25.0 Å². The summed E-state index contributed by atoms with van der Waals surface area (Å²) >= 11 is 0. The van der Waals surface area contributed by atoms with Gasteiger partial charge in [0.2, 0.25) is 0 Å². The van der Waals surface area contributed by atoms with Crippen molar-refractivity contribution < 1.29 is 19.4 Å². The van der Waals surface area contributed by atoms with Crippen molar-refractivity contribution in [1.82, 2.24) is 9.88 Å². The van der Waals surface area contributed by atoms with Crippen molar-refractivity contribution in [1.29, 1.82) is 0 Å². The number of carboxylic acids is 1. The number of hydrogen-bond donors (Lipinski definition) is 2. The van der Waals surface area contributed by atoms with Gasteiger partial charge < -0.3 is 24.5 Å². The van der Waals surface area contributed by atoms with E-state index in [9.17, 15) is 4.79 Å². The number of rotatable bonds is 8. The summed E-state index contributed by atoms with van der Waals surface area (Å²) in [4.78, 5) is 10.8. The van der Waals surface area contributed by atoms with Crippen molar-refractivity contribution in [3.05, 3.63) is 47.8 Å². The normalized spacial score (nSPS) is 10.5. The van der Waals surface area contributed by atoms with E-state index < -0.39 is 5.97 Å². The molecule has 0 aliphatic rings. The molecule has 1 aromatic heterocycles. The lowest BCUT2D eigenvalue weighted by Crippen LogP contribution is -2.18. The standard InChI is InChI=1S/C16H20N2O4/c1-21-14-6-5-12(8-15(14)22-2)9-17-10-13-4-3-7-18(13)11-16(19)20/h3-8,17H,9-11H2,1-2H3,(H,19,20). The molecule has 6 heteroatoms. The molecule has 0 aliphatic heterocycles. The second kappa shape index (κ2) is 7.51. The Labute approximate surface area is 129 Å². The predicted molar refractivity (Wildman–Crippen MR) is 82.2 cm³/mol. The molecule has 0 spiro atoms. The van der Waals surface area contributed by atoms with Crippen LogP contribution in [0.15, 0.2) is 36.5 Å². The summed E-state index contributed by atoms with van der Waals surface area (Å²) < 4.78 is 12.2. The molecule has 118 valence electrons. The number of nitrogens with zero attached hydrogens (tertiary/aromatic N) is 1. The fourth-order valence-corrected chi connectivity index (χ4v) is 2.24. The summed E-state index contributed by atoms with van der Waals surface area (Å²) in [7, 11) is 3.21. The summed E-state index contributed by atoms with van der Waals surface area (Å²) in [5.41, 5.74) is 2.00. The van der Waals surface area contributed by atoms with Crippen LogP contribution in [0.25, 0.3) is 0 Å². The van der Waals surface area contributed by atoms with Crippen molar-refractivity contribution in [3.8, 4) is 11.5 Å². The topological polar surface area (TPSA) is 72.7 Å². The molecule has 1 aromatic carbocycles. The van der Waals surface area contributed by atoms with Crippen LogP contribution in [-0.4, -0.2) is 29.9 Å². The zero-order valence-corrected chi connectivity index (χ0v) is 12.7. The van der Waals surface area contributed by atoms with Gasteiger partial charge in [-0.3, -0.25) is 4.79 Å². The monoisotopic (exact) mass is 304 g/mol. The van der Waals surface area contributed by atoms with Crippen LogP contribution in [0.5, 0.6) is 11.5 Å². The van der Waals surface area contributed by atoms with Crippen LogP contribution in [-0.2, 0) is 24.4 Å². The summed E-state index contributed by atoms with van der Waals surface area (Å²) in [6.07, 6.45) is 1.77. The fourth-order valence-electron chi connectivity index (χ4n) is 2.24. The van der Waals surface area contributed by atoms with Gasteiger partial charge in [0.05, 0.1) is 14.2 Å². The van der Waals surface area contributed by atoms with E-state index in [1.165, 1.54) is 0 Å². The smallest absolute Gasteiger partial charge is 0.323 e. The Morgan fingerprint density at radius 1 is 1.18 bits per heavy atom. The average molecular weight is 304 g/mol. The molecular formula is C16H20N2O4. The highest BCUT2D eigenvalue weighted by Crippen LogP contribution is 2.27. The molecule has 2 aromatic rings. The fraction of sp³-hybridized carbons (Fsp3) is 0.312. The maximum Gasteiger partial charge on any atom is 0.323 e. The van der Waals surface area contributed by atoms with E-state index in [1.54, 1.807) is 25.0 Å². The summed E-state index contributed by atoms with van der Waals surface area (Å²) in [5, 5.41) is 12.1. The molecule has 2 N–H and O–H groups in total. The molecule has 6 nitrogen and oxygen atoms in total. The van der Waals surface area contributed by atoms with Crippen molar-refractivity contribution in [2.24, 2.45) is 0 Å². The zero-order valence-electron chi connectivity index (χ0n) is 12.7. The van der Waals surface area contributed by atoms with Gasteiger partial charge in [-0.2, -0.15) is 0 Å². The Morgan fingerprint density at radius 3 is 2.64 bits per heavy atom. The number of ether oxygens (including phenoxy) is 2. The second-order valence-electron chi connectivity index (χ2n) is 4.81. The first kappa shape index (κ1) is 15.9. The predicted octanol–water partition coefficient (Wildman–Crippen LogP) is 1.88. The maximum atomic E-state index is 10.8. The van der Waals surface area contributed by atoms with Crippen LogP contribution in [0.3, 0.4) is 0 Å². The Hall–Kier alpha value is -2.47. The van der Waals surface area contributed by atoms with E-state index in [1.807, 2.05) is 30.3 Å². The number of carbonyl (C=O) groups is 1. The van der Waals surface area contributed by atoms with Gasteiger partial charge in [-0.25, -0.2) is 0 Å². The first-order valence-electron chi connectivity index (χ1n) is 6.91. The van der Waals surface area contributed by atoms with Crippen LogP contribution in [0.2, 0.25) is 0 Å². The highest BCUT2D eigenvalue weighted by Gasteiger charge is 2.06. The third-order valence-electron chi connectivity index (χ3n) is 3.31. The minimum Gasteiger partial charge on any atom is -0.493 e. The van der Waals surface area contributed by atoms with Crippen molar-refractivity contribution in [3.63, 3.8) is 0 Å². The maximum absolute atomic E-state index is 10.8. The Balaban J connectivity index is 1.94. The van der Waals surface area contributed by atoms with Gasteiger partial charge >= 0.3 is 5.97 Å². The largest absolute Gasteiger partial charge is 0.493 e. The molecule has 0 atom stereocenters. The lowest BCUT2D eigenvalue weighted by molar-refractivity contribution is -0.137. The summed E-state index contributed by atoms with van der Waals surface area (Å²) in [5.74, 6) is 0.537. The van der Waals surface area contributed by atoms with Crippen LogP contribution in [0.4, 0.5) is 0 Å². The number of hydrogen-bond acceptors (Lipinski definition) is 4. The average Bonchev–Trinajstić information content (AvgIpc) is 2.93. The van der Waals surface area contributed by atoms with Crippen LogP contribution >= 0.6 is 0 Å². The van der Waals surface area contributed by atoms with E-state index in [4.69, 9.17) is 14.6 Å². The SMILES string of the molecule is COc1ccc(CNCc2cccn2CC(=O)O)cc1OC. The molecule has 1 heterocycles. The Bertz CT molecular complexity index is 637. The Morgan fingerprint density at radius 2 is 1.95 bits per heavy atom. The van der Waals surface area contributed by atoms with E-state index in [0.717, 1.165) is 11.3 Å². The third-order valence-corrected chi connectivity index (χ3v) is 3.31. The lowest BCUT2D eigenvalue weighted by Gasteiger charge is -2.11. The van der Waals surface area contributed by atoms with Gasteiger partial charge in [0.15, 0.2) is 11.5 Å². The molecule has 0 unspecified atom stereocenters. The van der Waals surface area contributed by atoms with Crippen LogP contribution in [0, 0.1) is 0 Å². The molecule has 0 saturated heterocycles. The quantitative estimate of drug-likeness (QED) is 0.779. The summed E-state index contributed by atoms with van der Waals surface area (Å²) in [6, 6.07) is 9.50. The minimum atomic E-state index is -0.850. The van der Waals surface area contributed by atoms with Crippen molar-refractivity contribution in [2.75, 3.05) is 14.2 Å². The highest BCUT2D eigenvalue weighted by molar-refractivity contribution is 5.66. The number of carboxylic acid groups (broad SMARTS) is 1. The Kier molecular flexibility index (Phi) is 5.43. The molecule has 0 bridgehead atoms. The number of nitrogens with one attached hydrogen (secondary N) is 1. The van der Waals surface area contributed by atoms with Crippen molar-refractivity contribution in [2.45, 2.75) is 19.6 Å². The number of methoxy groups -OCH3 is 2. The molecule has 0 radical (unpaired) electrons. The minimum absolute atomic E-state index is 0.0274. The molecule has 22 heavy (non-hydrogen) atoms. The van der Waals surface area contributed by atoms with Gasteiger partial charge in [-0.1, -0.05) is 6.07 Å². The molecule has 0 saturated carbocycles. The first-order valence-corrected chi connectivity index (χ1v) is 6.91. The van der Waals surface area contributed by atoms with Gasteiger partial charge in [-0.15, -0.1) is 0 Å². The number of aliphatic carboxylic acids is 1. The number of benzene rings is 1. The van der Waals surface area contributed by atoms with Crippen molar-refractivity contribution >= 4 is 5.97 Å². The van der Waals surface area contributed by atoms with Gasteiger partial charge in [0.25, 0.3) is 0 Å². The highest BCUT2D eigenvalue weighted by atomic mass is 16.5. The molecule has 0 amide bonds. The zero-order chi connectivity index (χ0) is 15.9. The van der Waals surface area contributed by atoms with Gasteiger partial charge in [-0.05, 0) is 29.8 Å². The van der Waals surface area contributed by atoms with Crippen LogP contribution in [0.1, 0.15) is 11.3 Å². The first-order chi connectivity index (χ1) is 10.6. The molecule has 0 aliphatic carbocycles. The van der Waals surface area contributed by atoms with Crippen LogP contribution < -0.4 is 14.8 Å². The second-order valence-corrected chi connectivity index (χ2v) is 4.81. The van der Waals surface area contributed by atoms with Gasteiger partial charge in [0.1, 0.15) is 6.54 Å². The van der Waals surface area contributed by atoms with E-state index >= 15 is 0 Å². The van der Waals surface area contributed by atoms with E-state index in [2.05, 4.69) is 5.32 Å². The molecule has 2 rings (SSSR count). The van der Waals surface area contributed by atoms with E-state index in [0.29, 0.717) is 24.6 Å². The molecule has 0 fully saturated rings. The third kappa shape index (κ3) is 4.02.